The minimum Gasteiger partial charge on any atom is -0.497 e. The van der Waals surface area contributed by atoms with Crippen molar-refractivity contribution in [2.75, 3.05) is 51.5 Å². The van der Waals surface area contributed by atoms with Crippen molar-refractivity contribution in [3.8, 4) is 5.75 Å². The van der Waals surface area contributed by atoms with E-state index >= 15 is 0 Å². The molecule has 1 heterocycles. The van der Waals surface area contributed by atoms with Crippen LogP contribution in [0.4, 0.5) is 5.69 Å². The van der Waals surface area contributed by atoms with E-state index in [1.54, 1.807) is 7.11 Å². The largest absolute Gasteiger partial charge is 0.497 e. The van der Waals surface area contributed by atoms with Gasteiger partial charge in [-0.1, -0.05) is 0 Å². The summed E-state index contributed by atoms with van der Waals surface area (Å²) in [7, 11) is 0.354. The molecule has 140 valence electrons. The number of sulfonamides is 1. The maximum Gasteiger partial charge on any atom is 0.224 e. The minimum atomic E-state index is -3.23. The number of anilines is 1. The van der Waals surface area contributed by atoms with E-state index in [9.17, 15) is 13.2 Å². The molecule has 25 heavy (non-hydrogen) atoms. The van der Waals surface area contributed by atoms with Gasteiger partial charge >= 0.3 is 0 Å². The Morgan fingerprint density at radius 3 is 2.64 bits per heavy atom. The number of piperidine rings is 1. The highest BCUT2D eigenvalue weighted by Crippen LogP contribution is 2.19. The molecular weight excluding hydrogens is 342 g/mol. The van der Waals surface area contributed by atoms with E-state index in [1.165, 1.54) is 10.6 Å². The second kappa shape index (κ2) is 8.53. The van der Waals surface area contributed by atoms with Crippen molar-refractivity contribution in [1.29, 1.82) is 0 Å². The van der Waals surface area contributed by atoms with Gasteiger partial charge in [0.25, 0.3) is 0 Å². The lowest BCUT2D eigenvalue weighted by Crippen LogP contribution is -2.46. The van der Waals surface area contributed by atoms with E-state index in [0.29, 0.717) is 19.6 Å². The number of carbonyl (C=O) groups excluding carboxylic acids is 1. The molecule has 1 aromatic rings. The van der Waals surface area contributed by atoms with Crippen molar-refractivity contribution in [2.24, 2.45) is 5.92 Å². The molecule has 0 saturated carbocycles. The monoisotopic (exact) mass is 369 g/mol. The molecule has 7 nitrogen and oxygen atoms in total. The Labute approximate surface area is 150 Å². The summed E-state index contributed by atoms with van der Waals surface area (Å²) >= 11 is 0. The van der Waals surface area contributed by atoms with Gasteiger partial charge in [0.1, 0.15) is 5.75 Å². The van der Waals surface area contributed by atoms with E-state index < -0.39 is 10.0 Å². The summed E-state index contributed by atoms with van der Waals surface area (Å²) < 4.78 is 29.8. The summed E-state index contributed by atoms with van der Waals surface area (Å²) in [6.45, 7) is 1.96. The Balaban J connectivity index is 1.79. The number of carbonyl (C=O) groups is 1. The molecule has 0 bridgehead atoms. The van der Waals surface area contributed by atoms with Crippen LogP contribution in [0.2, 0.25) is 0 Å². The van der Waals surface area contributed by atoms with Gasteiger partial charge in [0, 0.05) is 38.9 Å². The van der Waals surface area contributed by atoms with Crippen LogP contribution in [0, 0.1) is 5.92 Å². The minimum absolute atomic E-state index is 0.0727. The van der Waals surface area contributed by atoms with Gasteiger partial charge in [-0.2, -0.15) is 0 Å². The van der Waals surface area contributed by atoms with Crippen LogP contribution in [-0.4, -0.2) is 65.2 Å². The Morgan fingerprint density at radius 1 is 1.36 bits per heavy atom. The highest BCUT2D eigenvalue weighted by atomic mass is 32.2. The SMILES string of the molecule is COc1ccc(N(C)CCNC(=O)[C@@H]2CCCN(S(C)(=O)=O)C2)cc1. The zero-order valence-corrected chi connectivity index (χ0v) is 15.9. The van der Waals surface area contributed by atoms with E-state index in [2.05, 4.69) is 5.32 Å². The third-order valence-electron chi connectivity index (χ3n) is 4.48. The van der Waals surface area contributed by atoms with Gasteiger partial charge in [-0.05, 0) is 37.1 Å². The van der Waals surface area contributed by atoms with E-state index in [-0.39, 0.29) is 18.4 Å². The van der Waals surface area contributed by atoms with E-state index in [0.717, 1.165) is 24.3 Å². The smallest absolute Gasteiger partial charge is 0.224 e. The maximum atomic E-state index is 12.3. The number of amides is 1. The van der Waals surface area contributed by atoms with Gasteiger partial charge in [0.15, 0.2) is 0 Å². The quantitative estimate of drug-likeness (QED) is 0.773. The van der Waals surface area contributed by atoms with Crippen molar-refractivity contribution in [2.45, 2.75) is 12.8 Å². The van der Waals surface area contributed by atoms with Crippen LogP contribution >= 0.6 is 0 Å². The Morgan fingerprint density at radius 2 is 2.04 bits per heavy atom. The average Bonchev–Trinajstić information content (AvgIpc) is 2.61. The molecule has 1 fully saturated rings. The summed E-state index contributed by atoms with van der Waals surface area (Å²) in [5.41, 5.74) is 1.04. The van der Waals surface area contributed by atoms with Crippen molar-refractivity contribution in [3.05, 3.63) is 24.3 Å². The summed E-state index contributed by atoms with van der Waals surface area (Å²) in [4.78, 5) is 14.3. The van der Waals surface area contributed by atoms with Gasteiger partial charge in [0.2, 0.25) is 15.9 Å². The Bertz CT molecular complexity index is 676. The van der Waals surface area contributed by atoms with Crippen molar-refractivity contribution in [1.82, 2.24) is 9.62 Å². The van der Waals surface area contributed by atoms with E-state index in [1.807, 2.05) is 36.2 Å². The third kappa shape index (κ3) is 5.61. The van der Waals surface area contributed by atoms with Crippen LogP contribution in [0.25, 0.3) is 0 Å². The van der Waals surface area contributed by atoms with Gasteiger partial charge in [0.05, 0.1) is 19.3 Å². The number of ether oxygens (including phenoxy) is 1. The molecule has 0 radical (unpaired) electrons. The molecule has 1 N–H and O–H groups in total. The number of likely N-dealkylation sites (N-methyl/N-ethyl adjacent to an activating group) is 1. The highest BCUT2D eigenvalue weighted by molar-refractivity contribution is 7.88. The van der Waals surface area contributed by atoms with E-state index in [4.69, 9.17) is 4.74 Å². The second-order valence-electron chi connectivity index (χ2n) is 6.37. The molecule has 1 aliphatic rings. The summed E-state index contributed by atoms with van der Waals surface area (Å²) in [6, 6.07) is 7.72. The van der Waals surface area contributed by atoms with Gasteiger partial charge in [-0.15, -0.1) is 0 Å². The third-order valence-corrected chi connectivity index (χ3v) is 5.75. The average molecular weight is 369 g/mol. The molecular formula is C17H27N3O4S. The van der Waals surface area contributed by atoms with Crippen LogP contribution in [0.15, 0.2) is 24.3 Å². The van der Waals surface area contributed by atoms with Gasteiger partial charge in [-0.3, -0.25) is 4.79 Å². The molecule has 1 aromatic carbocycles. The fourth-order valence-electron chi connectivity index (χ4n) is 2.91. The molecule has 2 rings (SSSR count). The van der Waals surface area contributed by atoms with Crippen molar-refractivity contribution < 1.29 is 17.9 Å². The van der Waals surface area contributed by atoms with Crippen molar-refractivity contribution in [3.63, 3.8) is 0 Å². The Kier molecular flexibility index (Phi) is 6.66. The lowest BCUT2D eigenvalue weighted by molar-refractivity contribution is -0.125. The molecule has 8 heteroatoms. The zero-order valence-electron chi connectivity index (χ0n) is 15.1. The fourth-order valence-corrected chi connectivity index (χ4v) is 3.83. The second-order valence-corrected chi connectivity index (χ2v) is 8.35. The van der Waals surface area contributed by atoms with Crippen LogP contribution in [-0.2, 0) is 14.8 Å². The normalized spacial score (nSPS) is 18.6. The zero-order chi connectivity index (χ0) is 18.4. The first-order chi connectivity index (χ1) is 11.8. The molecule has 1 atom stereocenters. The molecule has 1 saturated heterocycles. The number of nitrogens with zero attached hydrogens (tertiary/aromatic N) is 2. The topological polar surface area (TPSA) is 79.0 Å². The first-order valence-electron chi connectivity index (χ1n) is 8.39. The van der Waals surface area contributed by atoms with Crippen LogP contribution < -0.4 is 15.0 Å². The number of hydrogen-bond donors (Lipinski definition) is 1. The number of methoxy groups -OCH3 is 1. The summed E-state index contributed by atoms with van der Waals surface area (Å²) in [5.74, 6) is 0.462. The highest BCUT2D eigenvalue weighted by Gasteiger charge is 2.29. The number of rotatable bonds is 7. The standard InChI is InChI=1S/C17H27N3O4S/c1-19(15-6-8-16(24-2)9-7-15)12-10-18-17(21)14-5-4-11-20(13-14)25(3,22)23/h6-9,14H,4-5,10-13H2,1-3H3,(H,18,21)/t14-/m1/s1. The molecule has 0 aliphatic carbocycles. The maximum absolute atomic E-state index is 12.3. The van der Waals surface area contributed by atoms with Gasteiger partial charge in [-0.25, -0.2) is 12.7 Å². The molecule has 0 unspecified atom stereocenters. The van der Waals surface area contributed by atoms with Crippen molar-refractivity contribution >= 4 is 21.6 Å². The van der Waals surface area contributed by atoms with Gasteiger partial charge < -0.3 is 15.0 Å². The first kappa shape index (κ1) is 19.5. The molecule has 1 aliphatic heterocycles. The summed E-state index contributed by atoms with van der Waals surface area (Å²) in [5, 5.41) is 2.92. The number of hydrogen-bond acceptors (Lipinski definition) is 5. The first-order valence-corrected chi connectivity index (χ1v) is 10.2. The number of benzene rings is 1. The lowest BCUT2D eigenvalue weighted by Gasteiger charge is -2.30. The molecule has 1 amide bonds. The van der Waals surface area contributed by atoms with Crippen LogP contribution in [0.3, 0.4) is 0 Å². The molecule has 0 spiro atoms. The predicted octanol–water partition coefficient (Wildman–Crippen LogP) is 0.919. The summed E-state index contributed by atoms with van der Waals surface area (Å²) in [6.07, 6.45) is 2.64. The predicted molar refractivity (Wildman–Crippen MR) is 98.4 cm³/mol. The fraction of sp³-hybridized carbons (Fsp3) is 0.588. The Hall–Kier alpha value is -1.80. The molecule has 0 aromatic heterocycles. The van der Waals surface area contributed by atoms with Crippen LogP contribution in [0.5, 0.6) is 5.75 Å². The van der Waals surface area contributed by atoms with Crippen LogP contribution in [0.1, 0.15) is 12.8 Å². The number of nitrogens with one attached hydrogen (secondary N) is 1. The lowest BCUT2D eigenvalue weighted by atomic mass is 9.99.